The van der Waals surface area contributed by atoms with Gasteiger partial charge in [-0.3, -0.25) is 4.99 Å². The molecule has 1 unspecified atom stereocenters. The number of ether oxygens (including phenoxy) is 1. The van der Waals surface area contributed by atoms with Gasteiger partial charge in [0.15, 0.2) is 0 Å². The summed E-state index contributed by atoms with van der Waals surface area (Å²) in [6.45, 7) is 1.53. The molecule has 1 aromatic carbocycles. The Balaban J connectivity index is 1.66. The fourth-order valence-corrected chi connectivity index (χ4v) is 4.17. The molecule has 2 aliphatic rings. The number of fused-ring (bicyclic) bond motifs is 1. The summed E-state index contributed by atoms with van der Waals surface area (Å²) in [4.78, 5) is 7.88. The summed E-state index contributed by atoms with van der Waals surface area (Å²) in [7, 11) is 0. The second-order valence-electron chi connectivity index (χ2n) is 6.21. The highest BCUT2D eigenvalue weighted by atomic mass is 32.2. The van der Waals surface area contributed by atoms with Crippen molar-refractivity contribution in [3.05, 3.63) is 29.7 Å². The van der Waals surface area contributed by atoms with Crippen molar-refractivity contribution in [2.24, 2.45) is 4.99 Å². The van der Waals surface area contributed by atoms with Crippen LogP contribution in [-0.4, -0.2) is 52.8 Å². The molecule has 128 valence electrons. The van der Waals surface area contributed by atoms with Crippen molar-refractivity contribution in [1.82, 2.24) is 4.98 Å². The van der Waals surface area contributed by atoms with Crippen LogP contribution in [-0.2, 0) is 4.74 Å². The number of nitrogens with zero attached hydrogens (tertiary/aromatic N) is 1. The van der Waals surface area contributed by atoms with E-state index >= 15 is 0 Å². The first kappa shape index (κ1) is 15.9. The number of thioether (sulfide) groups is 1. The van der Waals surface area contributed by atoms with Crippen molar-refractivity contribution in [2.45, 2.75) is 24.9 Å². The summed E-state index contributed by atoms with van der Waals surface area (Å²) >= 11 is 1.62. The minimum atomic E-state index is -0.253. The molecule has 0 saturated carbocycles. The molecule has 1 saturated heterocycles. The monoisotopic (exact) mass is 349 g/mol. The maximum absolute atomic E-state index is 14.0. The van der Waals surface area contributed by atoms with Crippen LogP contribution < -0.4 is 5.32 Å². The summed E-state index contributed by atoms with van der Waals surface area (Å²) in [5, 5.41) is 14.4. The van der Waals surface area contributed by atoms with Gasteiger partial charge in [-0.2, -0.15) is 0 Å². The Morgan fingerprint density at radius 1 is 1.33 bits per heavy atom. The molecule has 0 radical (unpaired) electrons. The Morgan fingerprint density at radius 2 is 2.17 bits per heavy atom. The van der Waals surface area contributed by atoms with E-state index in [2.05, 4.69) is 15.3 Å². The largest absolute Gasteiger partial charge is 0.394 e. The van der Waals surface area contributed by atoms with Crippen molar-refractivity contribution in [3.63, 3.8) is 0 Å². The summed E-state index contributed by atoms with van der Waals surface area (Å²) in [6.07, 6.45) is 1.85. The van der Waals surface area contributed by atoms with Crippen molar-refractivity contribution >= 4 is 33.4 Å². The van der Waals surface area contributed by atoms with Gasteiger partial charge in [0.1, 0.15) is 10.9 Å². The van der Waals surface area contributed by atoms with E-state index < -0.39 is 0 Å². The van der Waals surface area contributed by atoms with Crippen LogP contribution in [0.5, 0.6) is 0 Å². The molecule has 5 nitrogen and oxygen atoms in total. The smallest absolute Gasteiger partial charge is 0.126 e. The first-order chi connectivity index (χ1) is 11.7. The number of hydrogen-bond acceptors (Lipinski definition) is 5. The van der Waals surface area contributed by atoms with Crippen LogP contribution in [0.1, 0.15) is 18.5 Å². The maximum Gasteiger partial charge on any atom is 0.126 e. The molecule has 0 bridgehead atoms. The van der Waals surface area contributed by atoms with Gasteiger partial charge in [0.25, 0.3) is 0 Å². The molecule has 7 heteroatoms. The molecule has 1 fully saturated rings. The lowest BCUT2D eigenvalue weighted by atomic mass is 10.1. The van der Waals surface area contributed by atoms with E-state index in [9.17, 15) is 9.50 Å². The average molecular weight is 349 g/mol. The Hall–Kier alpha value is -1.57. The van der Waals surface area contributed by atoms with E-state index in [0.29, 0.717) is 6.04 Å². The zero-order valence-electron chi connectivity index (χ0n) is 13.2. The Labute approximate surface area is 143 Å². The van der Waals surface area contributed by atoms with Crippen molar-refractivity contribution in [2.75, 3.05) is 30.9 Å². The predicted octanol–water partition coefficient (Wildman–Crippen LogP) is 2.75. The van der Waals surface area contributed by atoms with Crippen LogP contribution in [0.4, 0.5) is 10.1 Å². The van der Waals surface area contributed by atoms with Gasteiger partial charge in [0.05, 0.1) is 29.5 Å². The SMILES string of the molecule is OCC1CSC(c2cc3cc(F)cc(NC4CCOCC4)c3[nH]2)=N1. The van der Waals surface area contributed by atoms with Crippen LogP contribution in [0.3, 0.4) is 0 Å². The number of aliphatic imine (C=N–C) groups is 1. The number of hydrogen-bond donors (Lipinski definition) is 3. The zero-order chi connectivity index (χ0) is 16.5. The fourth-order valence-electron chi connectivity index (χ4n) is 3.15. The molecule has 3 heterocycles. The Morgan fingerprint density at radius 3 is 2.92 bits per heavy atom. The van der Waals surface area contributed by atoms with E-state index in [1.807, 2.05) is 6.07 Å². The number of aromatic nitrogens is 1. The van der Waals surface area contributed by atoms with Crippen LogP contribution in [0.2, 0.25) is 0 Å². The average Bonchev–Trinajstić information content (AvgIpc) is 3.22. The van der Waals surface area contributed by atoms with Crippen molar-refractivity contribution in [1.29, 1.82) is 0 Å². The first-order valence-electron chi connectivity index (χ1n) is 8.21. The third-order valence-electron chi connectivity index (χ3n) is 4.43. The number of halogens is 1. The van der Waals surface area contributed by atoms with Crippen molar-refractivity contribution < 1.29 is 14.2 Å². The summed E-state index contributed by atoms with van der Waals surface area (Å²) in [5.41, 5.74) is 2.56. The fraction of sp³-hybridized carbons (Fsp3) is 0.471. The molecule has 1 atom stereocenters. The minimum Gasteiger partial charge on any atom is -0.394 e. The molecule has 2 aromatic rings. The Kier molecular flexibility index (Phi) is 4.47. The second kappa shape index (κ2) is 6.74. The molecule has 0 amide bonds. The normalized spacial score (nSPS) is 22.1. The van der Waals surface area contributed by atoms with Gasteiger partial charge in [-0.05, 0) is 31.0 Å². The van der Waals surface area contributed by atoms with E-state index in [0.717, 1.165) is 59.1 Å². The van der Waals surface area contributed by atoms with Crippen LogP contribution >= 0.6 is 11.8 Å². The number of H-pyrrole nitrogens is 1. The second-order valence-corrected chi connectivity index (χ2v) is 7.22. The van der Waals surface area contributed by atoms with Gasteiger partial charge >= 0.3 is 0 Å². The van der Waals surface area contributed by atoms with E-state index in [4.69, 9.17) is 4.74 Å². The third kappa shape index (κ3) is 3.16. The lowest BCUT2D eigenvalue weighted by molar-refractivity contribution is 0.0905. The lowest BCUT2D eigenvalue weighted by Gasteiger charge is -2.24. The zero-order valence-corrected chi connectivity index (χ0v) is 14.0. The van der Waals surface area contributed by atoms with Crippen LogP contribution in [0.25, 0.3) is 10.9 Å². The summed E-state index contributed by atoms with van der Waals surface area (Å²) < 4.78 is 19.4. The maximum atomic E-state index is 14.0. The highest BCUT2D eigenvalue weighted by molar-refractivity contribution is 8.14. The van der Waals surface area contributed by atoms with E-state index in [1.165, 1.54) is 12.1 Å². The summed E-state index contributed by atoms with van der Waals surface area (Å²) in [5.74, 6) is 0.528. The number of aromatic amines is 1. The highest BCUT2D eigenvalue weighted by Gasteiger charge is 2.21. The number of aliphatic hydroxyl groups excluding tert-OH is 1. The number of anilines is 1. The molecule has 4 rings (SSSR count). The van der Waals surface area contributed by atoms with Crippen molar-refractivity contribution in [3.8, 4) is 0 Å². The molecule has 24 heavy (non-hydrogen) atoms. The molecule has 0 aliphatic carbocycles. The number of benzene rings is 1. The topological polar surface area (TPSA) is 69.6 Å². The standard InChI is InChI=1S/C17H20FN3O2S/c18-11-5-10-6-15(17-20-13(8-22)9-24-17)21-16(10)14(7-11)19-12-1-3-23-4-2-12/h5-7,12-13,19,21-22H,1-4,8-9H2. The minimum absolute atomic E-state index is 0.0482. The molecular formula is C17H20FN3O2S. The number of nitrogens with one attached hydrogen (secondary N) is 2. The molecule has 2 aliphatic heterocycles. The number of rotatable bonds is 4. The van der Waals surface area contributed by atoms with Gasteiger partial charge in [-0.1, -0.05) is 0 Å². The Bertz CT molecular complexity index is 771. The number of aliphatic hydroxyl groups is 1. The van der Waals surface area contributed by atoms with Gasteiger partial charge in [-0.15, -0.1) is 11.8 Å². The molecule has 1 aromatic heterocycles. The van der Waals surface area contributed by atoms with E-state index in [1.54, 1.807) is 11.8 Å². The van der Waals surface area contributed by atoms with Crippen LogP contribution in [0.15, 0.2) is 23.2 Å². The third-order valence-corrected chi connectivity index (χ3v) is 5.58. The lowest BCUT2D eigenvalue weighted by Crippen LogP contribution is -2.27. The van der Waals surface area contributed by atoms with Gasteiger partial charge in [0.2, 0.25) is 0 Å². The van der Waals surface area contributed by atoms with Gasteiger partial charge in [0, 0.05) is 30.4 Å². The van der Waals surface area contributed by atoms with Crippen LogP contribution in [0, 0.1) is 5.82 Å². The van der Waals surface area contributed by atoms with Gasteiger partial charge < -0.3 is 20.1 Å². The molecule has 0 spiro atoms. The molecule has 3 N–H and O–H groups in total. The highest BCUT2D eigenvalue weighted by Crippen LogP contribution is 2.30. The van der Waals surface area contributed by atoms with E-state index in [-0.39, 0.29) is 18.5 Å². The quantitative estimate of drug-likeness (QED) is 0.794. The van der Waals surface area contributed by atoms with Gasteiger partial charge in [-0.25, -0.2) is 4.39 Å². The first-order valence-corrected chi connectivity index (χ1v) is 9.20. The predicted molar refractivity (Wildman–Crippen MR) is 95.6 cm³/mol. The molecular weight excluding hydrogens is 329 g/mol. The summed E-state index contributed by atoms with van der Waals surface area (Å²) in [6, 6.07) is 5.26.